The topological polar surface area (TPSA) is 59.1 Å². The minimum atomic E-state index is -2.82. The molecule has 2 heterocycles. The van der Waals surface area contributed by atoms with Gasteiger partial charge in [0.1, 0.15) is 0 Å². The molecule has 1 saturated heterocycles. The van der Waals surface area contributed by atoms with Gasteiger partial charge in [0, 0.05) is 23.4 Å². The highest BCUT2D eigenvalue weighted by atomic mass is 32.2. The van der Waals surface area contributed by atoms with Crippen LogP contribution in [0, 0.1) is 6.92 Å². The van der Waals surface area contributed by atoms with Gasteiger partial charge in [-0.1, -0.05) is 13.8 Å². The number of aryl methyl sites for hydroxylation is 1. The van der Waals surface area contributed by atoms with Crippen LogP contribution >= 0.6 is 11.3 Å². The van der Waals surface area contributed by atoms with E-state index in [1.165, 1.54) is 4.88 Å². The summed E-state index contributed by atoms with van der Waals surface area (Å²) < 4.78 is 23.0. The van der Waals surface area contributed by atoms with Crippen LogP contribution in [0.25, 0.3) is 0 Å². The molecule has 0 bridgehead atoms. The minimum Gasteiger partial charge on any atom is -0.310 e. The van der Waals surface area contributed by atoms with Gasteiger partial charge in [-0.2, -0.15) is 0 Å². The van der Waals surface area contributed by atoms with Gasteiger partial charge >= 0.3 is 0 Å². The Bertz CT molecular complexity index is 520. The maximum atomic E-state index is 11.5. The van der Waals surface area contributed by atoms with Gasteiger partial charge in [-0.05, 0) is 13.3 Å². The van der Waals surface area contributed by atoms with Crippen LogP contribution in [0.1, 0.15) is 41.8 Å². The smallest absolute Gasteiger partial charge is 0.151 e. The first-order chi connectivity index (χ1) is 8.37. The Morgan fingerprint density at radius 3 is 2.78 bits per heavy atom. The maximum Gasteiger partial charge on any atom is 0.151 e. The quantitative estimate of drug-likeness (QED) is 0.918. The molecule has 0 aromatic carbocycles. The first-order valence-electron chi connectivity index (χ1n) is 6.27. The number of sulfone groups is 1. The Labute approximate surface area is 113 Å². The normalized spacial score (nSPS) is 22.8. The molecule has 1 N–H and O–H groups in total. The minimum absolute atomic E-state index is 0.117. The van der Waals surface area contributed by atoms with Crippen molar-refractivity contribution in [3.63, 3.8) is 0 Å². The van der Waals surface area contributed by atoms with Crippen molar-refractivity contribution in [3.05, 3.63) is 15.6 Å². The van der Waals surface area contributed by atoms with Crippen molar-refractivity contribution in [2.45, 2.75) is 45.7 Å². The SMILES string of the molecule is Cc1nc(C2CCS(=O)(=O)C2)sc1CNC(C)C. The summed E-state index contributed by atoms with van der Waals surface area (Å²) in [4.78, 5) is 5.78. The second kappa shape index (κ2) is 5.27. The van der Waals surface area contributed by atoms with Gasteiger partial charge in [-0.15, -0.1) is 11.3 Å². The number of thiazole rings is 1. The molecule has 0 spiro atoms. The third kappa shape index (κ3) is 3.30. The van der Waals surface area contributed by atoms with E-state index in [2.05, 4.69) is 24.1 Å². The molecule has 0 amide bonds. The van der Waals surface area contributed by atoms with E-state index in [1.54, 1.807) is 11.3 Å². The fourth-order valence-electron chi connectivity index (χ4n) is 2.08. The molecule has 1 aromatic heterocycles. The predicted octanol–water partition coefficient (Wildman–Crippen LogP) is 1.85. The zero-order chi connectivity index (χ0) is 13.3. The summed E-state index contributed by atoms with van der Waals surface area (Å²) in [7, 11) is -2.82. The van der Waals surface area contributed by atoms with Crippen molar-refractivity contribution in [1.29, 1.82) is 0 Å². The summed E-state index contributed by atoms with van der Waals surface area (Å²) in [6.07, 6.45) is 0.729. The number of nitrogens with zero attached hydrogens (tertiary/aromatic N) is 1. The molecule has 1 aliphatic rings. The Morgan fingerprint density at radius 2 is 2.22 bits per heavy atom. The van der Waals surface area contributed by atoms with E-state index in [-0.39, 0.29) is 11.7 Å². The van der Waals surface area contributed by atoms with Crippen LogP contribution in [0.2, 0.25) is 0 Å². The van der Waals surface area contributed by atoms with Crippen LogP contribution in [0.5, 0.6) is 0 Å². The summed E-state index contributed by atoms with van der Waals surface area (Å²) in [5.74, 6) is 0.707. The van der Waals surface area contributed by atoms with Crippen LogP contribution < -0.4 is 5.32 Å². The lowest BCUT2D eigenvalue weighted by molar-refractivity contribution is 0.591. The highest BCUT2D eigenvalue weighted by molar-refractivity contribution is 7.91. The lowest BCUT2D eigenvalue weighted by Crippen LogP contribution is -2.21. The Hall–Kier alpha value is -0.460. The molecular formula is C12H20N2O2S2. The van der Waals surface area contributed by atoms with Crippen LogP contribution in [0.3, 0.4) is 0 Å². The van der Waals surface area contributed by atoms with Crippen molar-refractivity contribution >= 4 is 21.2 Å². The van der Waals surface area contributed by atoms with Crippen molar-refractivity contribution in [2.75, 3.05) is 11.5 Å². The van der Waals surface area contributed by atoms with Gasteiger partial charge in [-0.25, -0.2) is 13.4 Å². The summed E-state index contributed by atoms with van der Waals surface area (Å²) >= 11 is 1.66. The van der Waals surface area contributed by atoms with Crippen LogP contribution in [-0.2, 0) is 16.4 Å². The van der Waals surface area contributed by atoms with Gasteiger partial charge in [-0.3, -0.25) is 0 Å². The molecule has 102 valence electrons. The summed E-state index contributed by atoms with van der Waals surface area (Å²) in [6.45, 7) is 7.04. The largest absolute Gasteiger partial charge is 0.310 e. The van der Waals surface area contributed by atoms with E-state index < -0.39 is 9.84 Å². The Kier molecular flexibility index (Phi) is 4.08. The van der Waals surface area contributed by atoms with Gasteiger partial charge < -0.3 is 5.32 Å². The molecule has 0 aliphatic carbocycles. The standard InChI is InChI=1S/C12H20N2O2S2/c1-8(2)13-6-11-9(3)14-12(17-11)10-4-5-18(15,16)7-10/h8,10,13H,4-7H2,1-3H3. The number of aromatic nitrogens is 1. The average molecular weight is 288 g/mol. The lowest BCUT2D eigenvalue weighted by Gasteiger charge is -2.06. The molecular weight excluding hydrogens is 268 g/mol. The van der Waals surface area contributed by atoms with E-state index in [0.717, 1.165) is 23.7 Å². The van der Waals surface area contributed by atoms with E-state index >= 15 is 0 Å². The fraction of sp³-hybridized carbons (Fsp3) is 0.750. The molecule has 1 atom stereocenters. The maximum absolute atomic E-state index is 11.5. The van der Waals surface area contributed by atoms with Gasteiger partial charge in [0.2, 0.25) is 0 Å². The Morgan fingerprint density at radius 1 is 1.50 bits per heavy atom. The zero-order valence-electron chi connectivity index (χ0n) is 11.1. The van der Waals surface area contributed by atoms with E-state index in [4.69, 9.17) is 0 Å². The molecule has 1 fully saturated rings. The van der Waals surface area contributed by atoms with E-state index in [0.29, 0.717) is 11.8 Å². The number of hydrogen-bond acceptors (Lipinski definition) is 5. The zero-order valence-corrected chi connectivity index (χ0v) is 12.7. The monoisotopic (exact) mass is 288 g/mol. The summed E-state index contributed by atoms with van der Waals surface area (Å²) in [5.41, 5.74) is 1.03. The molecule has 6 heteroatoms. The number of hydrogen-bond donors (Lipinski definition) is 1. The van der Waals surface area contributed by atoms with Crippen molar-refractivity contribution in [2.24, 2.45) is 0 Å². The second-order valence-electron chi connectivity index (χ2n) is 5.20. The fourth-order valence-corrected chi connectivity index (χ4v) is 5.08. The van der Waals surface area contributed by atoms with Crippen molar-refractivity contribution < 1.29 is 8.42 Å². The molecule has 1 aromatic rings. The average Bonchev–Trinajstić information content (AvgIpc) is 2.79. The summed E-state index contributed by atoms with van der Waals surface area (Å²) in [6, 6.07) is 0.446. The van der Waals surface area contributed by atoms with Crippen molar-refractivity contribution in [1.82, 2.24) is 10.3 Å². The predicted molar refractivity (Wildman–Crippen MR) is 74.8 cm³/mol. The van der Waals surface area contributed by atoms with Gasteiger partial charge in [0.05, 0.1) is 22.2 Å². The molecule has 0 saturated carbocycles. The number of nitrogens with one attached hydrogen (secondary N) is 1. The number of rotatable bonds is 4. The Balaban J connectivity index is 2.09. The van der Waals surface area contributed by atoms with Gasteiger partial charge in [0.25, 0.3) is 0 Å². The van der Waals surface area contributed by atoms with E-state index in [9.17, 15) is 8.42 Å². The molecule has 4 nitrogen and oxygen atoms in total. The third-order valence-corrected chi connectivity index (χ3v) is 6.25. The molecule has 1 unspecified atom stereocenters. The van der Waals surface area contributed by atoms with E-state index in [1.807, 2.05) is 6.92 Å². The second-order valence-corrected chi connectivity index (χ2v) is 8.54. The molecule has 2 rings (SSSR count). The van der Waals surface area contributed by atoms with Crippen molar-refractivity contribution in [3.8, 4) is 0 Å². The van der Waals surface area contributed by atoms with Crippen LogP contribution in [-0.4, -0.2) is 30.9 Å². The highest BCUT2D eigenvalue weighted by Crippen LogP contribution is 2.33. The molecule has 0 radical (unpaired) electrons. The lowest BCUT2D eigenvalue weighted by atomic mass is 10.1. The van der Waals surface area contributed by atoms with Gasteiger partial charge in [0.15, 0.2) is 9.84 Å². The van der Waals surface area contributed by atoms with Crippen LogP contribution in [0.4, 0.5) is 0 Å². The first kappa shape index (κ1) is 14.0. The molecule has 18 heavy (non-hydrogen) atoms. The highest BCUT2D eigenvalue weighted by Gasteiger charge is 2.31. The third-order valence-electron chi connectivity index (χ3n) is 3.16. The summed E-state index contributed by atoms with van der Waals surface area (Å²) in [5, 5.41) is 4.37. The first-order valence-corrected chi connectivity index (χ1v) is 8.91. The van der Waals surface area contributed by atoms with Crippen LogP contribution in [0.15, 0.2) is 0 Å². The molecule has 1 aliphatic heterocycles.